The van der Waals surface area contributed by atoms with Gasteiger partial charge in [0, 0.05) is 31.4 Å². The zero-order valence-electron chi connectivity index (χ0n) is 18.4. The van der Waals surface area contributed by atoms with E-state index in [1.165, 1.54) is 11.8 Å². The van der Waals surface area contributed by atoms with Crippen LogP contribution in [-0.4, -0.2) is 44.6 Å². The fourth-order valence-electron chi connectivity index (χ4n) is 3.54. The summed E-state index contributed by atoms with van der Waals surface area (Å²) in [6.45, 7) is 5.46. The lowest BCUT2D eigenvalue weighted by Gasteiger charge is -2.24. The number of amides is 1. The number of rotatable bonds is 7. The lowest BCUT2D eigenvalue weighted by molar-refractivity contribution is -0.119. The van der Waals surface area contributed by atoms with Gasteiger partial charge in [0.05, 0.1) is 25.0 Å². The zero-order valence-corrected chi connectivity index (χ0v) is 19.3. The van der Waals surface area contributed by atoms with Crippen LogP contribution < -0.4 is 14.8 Å². The molecule has 1 atom stereocenters. The van der Waals surface area contributed by atoms with Crippen molar-refractivity contribution >= 4 is 17.7 Å². The molecule has 0 bridgehead atoms. The van der Waals surface area contributed by atoms with E-state index in [1.54, 1.807) is 12.4 Å². The molecule has 4 rings (SSSR count). The van der Waals surface area contributed by atoms with Gasteiger partial charge < -0.3 is 19.4 Å². The monoisotopic (exact) mass is 453 g/mol. The van der Waals surface area contributed by atoms with Crippen LogP contribution >= 0.6 is 11.8 Å². The fourth-order valence-corrected chi connectivity index (χ4v) is 4.26. The van der Waals surface area contributed by atoms with Crippen molar-refractivity contribution in [1.82, 2.24) is 25.1 Å². The second-order valence-electron chi connectivity index (χ2n) is 7.94. The zero-order chi connectivity index (χ0) is 22.5. The number of pyridine rings is 1. The predicted molar refractivity (Wildman–Crippen MR) is 123 cm³/mol. The van der Waals surface area contributed by atoms with Crippen LogP contribution in [0, 0.1) is 5.92 Å². The molecule has 0 spiro atoms. The molecule has 0 aliphatic carbocycles. The first-order chi connectivity index (χ1) is 15.5. The Kier molecular flexibility index (Phi) is 6.94. The van der Waals surface area contributed by atoms with E-state index < -0.39 is 0 Å². The molecule has 32 heavy (non-hydrogen) atoms. The smallest absolute Gasteiger partial charge is 0.230 e. The number of benzene rings is 1. The Morgan fingerprint density at radius 3 is 2.75 bits per heavy atom. The summed E-state index contributed by atoms with van der Waals surface area (Å²) >= 11 is 1.36. The van der Waals surface area contributed by atoms with Gasteiger partial charge >= 0.3 is 0 Å². The standard InChI is InChI=1S/C23H27N5O3S/c1-15(2)21(16-7-8-18-19(12-16)31-11-5-10-30-18)25-20(29)14-32-23-27-26-22(28(23)3)17-6-4-9-24-13-17/h4,6-9,12-13,15,21H,5,10-11,14H2,1-3H3,(H,25,29)/t21-/m1/s1. The van der Waals surface area contributed by atoms with Gasteiger partial charge in [-0.3, -0.25) is 9.78 Å². The Labute approximate surface area is 191 Å². The highest BCUT2D eigenvalue weighted by Gasteiger charge is 2.22. The number of ether oxygens (including phenoxy) is 2. The molecule has 2 aromatic heterocycles. The minimum absolute atomic E-state index is 0.0632. The molecule has 1 N–H and O–H groups in total. The van der Waals surface area contributed by atoms with Crippen LogP contribution in [0.25, 0.3) is 11.4 Å². The number of nitrogens with one attached hydrogen (secondary N) is 1. The van der Waals surface area contributed by atoms with Crippen molar-refractivity contribution in [3.8, 4) is 22.9 Å². The summed E-state index contributed by atoms with van der Waals surface area (Å²) in [4.78, 5) is 16.9. The summed E-state index contributed by atoms with van der Waals surface area (Å²) < 4.78 is 13.4. The van der Waals surface area contributed by atoms with Gasteiger partial charge in [0.1, 0.15) is 0 Å². The van der Waals surface area contributed by atoms with Crippen LogP contribution in [0.4, 0.5) is 0 Å². The molecule has 0 unspecified atom stereocenters. The molecule has 168 valence electrons. The third kappa shape index (κ3) is 5.04. The number of fused-ring (bicyclic) bond motifs is 1. The van der Waals surface area contributed by atoms with Crippen molar-refractivity contribution in [1.29, 1.82) is 0 Å². The minimum Gasteiger partial charge on any atom is -0.490 e. The highest BCUT2D eigenvalue weighted by Crippen LogP contribution is 2.34. The largest absolute Gasteiger partial charge is 0.490 e. The Hall–Kier alpha value is -3.07. The Morgan fingerprint density at radius 1 is 1.19 bits per heavy atom. The predicted octanol–water partition coefficient (Wildman–Crippen LogP) is 3.64. The maximum atomic E-state index is 12.8. The van der Waals surface area contributed by atoms with Gasteiger partial charge in [0.2, 0.25) is 5.91 Å². The Bertz CT molecular complexity index is 1070. The van der Waals surface area contributed by atoms with Crippen molar-refractivity contribution < 1.29 is 14.3 Å². The number of aromatic nitrogens is 4. The van der Waals surface area contributed by atoms with E-state index in [2.05, 4.69) is 34.3 Å². The lowest BCUT2D eigenvalue weighted by atomic mass is 9.95. The first-order valence-corrected chi connectivity index (χ1v) is 11.6. The summed E-state index contributed by atoms with van der Waals surface area (Å²) in [6, 6.07) is 9.55. The van der Waals surface area contributed by atoms with Crippen LogP contribution in [-0.2, 0) is 11.8 Å². The Balaban J connectivity index is 1.41. The molecule has 9 heteroatoms. The van der Waals surface area contributed by atoms with Gasteiger partial charge in [-0.25, -0.2) is 0 Å². The van der Waals surface area contributed by atoms with Crippen LogP contribution in [0.2, 0.25) is 0 Å². The third-order valence-corrected chi connectivity index (χ3v) is 6.22. The third-order valence-electron chi connectivity index (χ3n) is 5.20. The first-order valence-electron chi connectivity index (χ1n) is 10.6. The summed E-state index contributed by atoms with van der Waals surface area (Å²) in [5.41, 5.74) is 1.88. The molecule has 1 aliphatic rings. The van der Waals surface area contributed by atoms with E-state index in [0.717, 1.165) is 29.0 Å². The summed E-state index contributed by atoms with van der Waals surface area (Å²) in [5, 5.41) is 12.3. The normalized spacial score (nSPS) is 14.1. The first kappa shape index (κ1) is 22.1. The molecule has 0 fully saturated rings. The molecule has 1 aliphatic heterocycles. The van der Waals surface area contributed by atoms with Crippen LogP contribution in [0.15, 0.2) is 47.9 Å². The van der Waals surface area contributed by atoms with Crippen molar-refractivity contribution in [3.63, 3.8) is 0 Å². The SMILES string of the molecule is CC(C)[C@@H](NC(=O)CSc1nnc(-c2cccnc2)n1C)c1ccc2c(c1)OCCCO2. The number of carbonyl (C=O) groups excluding carboxylic acids is 1. The number of hydrogen-bond donors (Lipinski definition) is 1. The molecular weight excluding hydrogens is 426 g/mol. The van der Waals surface area contributed by atoms with Gasteiger partial charge in [-0.2, -0.15) is 0 Å². The van der Waals surface area contributed by atoms with E-state index in [0.29, 0.717) is 24.2 Å². The quantitative estimate of drug-likeness (QED) is 0.546. The second-order valence-corrected chi connectivity index (χ2v) is 8.88. The number of carbonyl (C=O) groups is 1. The average Bonchev–Trinajstić information content (AvgIpc) is 3.01. The molecule has 1 aromatic carbocycles. The van der Waals surface area contributed by atoms with Gasteiger partial charge in [-0.05, 0) is 35.7 Å². The molecular formula is C23H27N5O3S. The maximum Gasteiger partial charge on any atom is 0.230 e. The van der Waals surface area contributed by atoms with Crippen molar-refractivity contribution in [2.24, 2.45) is 13.0 Å². The van der Waals surface area contributed by atoms with E-state index in [4.69, 9.17) is 9.47 Å². The maximum absolute atomic E-state index is 12.8. The fraction of sp³-hybridized carbons (Fsp3) is 0.391. The van der Waals surface area contributed by atoms with E-state index in [-0.39, 0.29) is 23.6 Å². The summed E-state index contributed by atoms with van der Waals surface area (Å²) in [5.74, 6) is 2.59. The van der Waals surface area contributed by atoms with Gasteiger partial charge in [0.25, 0.3) is 0 Å². The lowest BCUT2D eigenvalue weighted by Crippen LogP contribution is -2.33. The van der Waals surface area contributed by atoms with Crippen molar-refractivity contribution in [2.75, 3.05) is 19.0 Å². The minimum atomic E-state index is -0.134. The molecule has 1 amide bonds. The molecule has 0 radical (unpaired) electrons. The van der Waals surface area contributed by atoms with Gasteiger partial charge in [-0.1, -0.05) is 31.7 Å². The molecule has 3 aromatic rings. The highest BCUT2D eigenvalue weighted by molar-refractivity contribution is 7.99. The van der Waals surface area contributed by atoms with E-state index in [1.807, 2.05) is 41.9 Å². The number of hydrogen-bond acceptors (Lipinski definition) is 7. The second kappa shape index (κ2) is 10.0. The highest BCUT2D eigenvalue weighted by atomic mass is 32.2. The topological polar surface area (TPSA) is 91.2 Å². The van der Waals surface area contributed by atoms with Crippen LogP contribution in [0.1, 0.15) is 31.9 Å². The van der Waals surface area contributed by atoms with E-state index in [9.17, 15) is 4.79 Å². The summed E-state index contributed by atoms with van der Waals surface area (Å²) in [7, 11) is 1.89. The molecule has 3 heterocycles. The average molecular weight is 454 g/mol. The molecule has 0 saturated heterocycles. The van der Waals surface area contributed by atoms with Crippen molar-refractivity contribution in [3.05, 3.63) is 48.3 Å². The number of thioether (sulfide) groups is 1. The van der Waals surface area contributed by atoms with Gasteiger partial charge in [0.15, 0.2) is 22.5 Å². The van der Waals surface area contributed by atoms with Gasteiger partial charge in [-0.15, -0.1) is 10.2 Å². The van der Waals surface area contributed by atoms with Crippen LogP contribution in [0.5, 0.6) is 11.5 Å². The van der Waals surface area contributed by atoms with E-state index >= 15 is 0 Å². The van der Waals surface area contributed by atoms with Crippen molar-refractivity contribution in [2.45, 2.75) is 31.5 Å². The molecule has 8 nitrogen and oxygen atoms in total. The number of nitrogens with zero attached hydrogens (tertiary/aromatic N) is 4. The van der Waals surface area contributed by atoms with Crippen LogP contribution in [0.3, 0.4) is 0 Å². The Morgan fingerprint density at radius 2 is 2.00 bits per heavy atom. The summed E-state index contributed by atoms with van der Waals surface area (Å²) in [6.07, 6.45) is 4.32. The molecule has 0 saturated carbocycles.